The number of aliphatic carboxylic acids is 1. The van der Waals surface area contributed by atoms with Gasteiger partial charge in [0.2, 0.25) is 0 Å². The minimum atomic E-state index is -0.819. The van der Waals surface area contributed by atoms with E-state index in [2.05, 4.69) is 9.97 Å². The number of thiophene rings is 1. The van der Waals surface area contributed by atoms with Gasteiger partial charge in [0.05, 0.1) is 6.42 Å². The van der Waals surface area contributed by atoms with E-state index in [9.17, 15) is 4.79 Å². The molecule has 2 rings (SSSR count). The topological polar surface area (TPSA) is 66.0 Å². The molecule has 2 aromatic heterocycles. The molecule has 14 heavy (non-hydrogen) atoms. The van der Waals surface area contributed by atoms with Crippen molar-refractivity contribution in [2.24, 2.45) is 0 Å². The Morgan fingerprint density at radius 2 is 2.50 bits per heavy atom. The highest BCUT2D eigenvalue weighted by Crippen LogP contribution is 2.25. The number of aromatic amines is 1. The van der Waals surface area contributed by atoms with Gasteiger partial charge in [0.1, 0.15) is 5.82 Å². The summed E-state index contributed by atoms with van der Waals surface area (Å²) in [5.74, 6) is -0.0947. The van der Waals surface area contributed by atoms with Crippen molar-refractivity contribution in [3.05, 3.63) is 28.7 Å². The summed E-state index contributed by atoms with van der Waals surface area (Å²) in [7, 11) is 0. The molecule has 0 unspecified atom stereocenters. The second kappa shape index (κ2) is 3.63. The molecular formula is C9H8N2O2S. The standard InChI is InChI=1S/C9H8N2O2S/c12-8(13)5-7-6(1-4-14-7)9-10-2-3-11-9/h1-4H,5H2,(H,10,11)(H,12,13). The molecule has 4 nitrogen and oxygen atoms in total. The van der Waals surface area contributed by atoms with Gasteiger partial charge in [-0.05, 0) is 11.4 Å². The lowest BCUT2D eigenvalue weighted by Crippen LogP contribution is -1.99. The van der Waals surface area contributed by atoms with Crippen LogP contribution in [0, 0.1) is 0 Å². The first-order valence-electron chi connectivity index (χ1n) is 4.05. The maximum absolute atomic E-state index is 10.6. The van der Waals surface area contributed by atoms with E-state index in [-0.39, 0.29) is 6.42 Å². The maximum atomic E-state index is 10.6. The molecule has 0 fully saturated rings. The van der Waals surface area contributed by atoms with Gasteiger partial charge in [-0.2, -0.15) is 0 Å². The summed E-state index contributed by atoms with van der Waals surface area (Å²) in [5, 5.41) is 10.6. The second-order valence-corrected chi connectivity index (χ2v) is 3.77. The molecule has 0 aliphatic heterocycles. The normalized spacial score (nSPS) is 10.3. The predicted octanol–water partition coefficient (Wildman–Crippen LogP) is 1.77. The molecule has 0 aliphatic rings. The van der Waals surface area contributed by atoms with E-state index in [0.717, 1.165) is 16.3 Å². The summed E-state index contributed by atoms with van der Waals surface area (Å²) in [6, 6.07) is 1.88. The first kappa shape index (κ1) is 8.96. The van der Waals surface area contributed by atoms with Gasteiger partial charge in [-0.25, -0.2) is 4.98 Å². The highest BCUT2D eigenvalue weighted by Gasteiger charge is 2.11. The van der Waals surface area contributed by atoms with Crippen LogP contribution >= 0.6 is 11.3 Å². The number of hydrogen-bond donors (Lipinski definition) is 2. The molecule has 0 radical (unpaired) electrons. The lowest BCUT2D eigenvalue weighted by atomic mass is 10.2. The molecule has 0 amide bonds. The van der Waals surface area contributed by atoms with Crippen LogP contribution in [0.15, 0.2) is 23.8 Å². The second-order valence-electron chi connectivity index (χ2n) is 2.77. The van der Waals surface area contributed by atoms with Gasteiger partial charge in [0, 0.05) is 22.8 Å². The average molecular weight is 208 g/mol. The van der Waals surface area contributed by atoms with Crippen LogP contribution in [0.2, 0.25) is 0 Å². The Kier molecular flexibility index (Phi) is 2.32. The third-order valence-corrected chi connectivity index (χ3v) is 2.73. The molecule has 2 N–H and O–H groups in total. The lowest BCUT2D eigenvalue weighted by Gasteiger charge is -1.96. The third-order valence-electron chi connectivity index (χ3n) is 1.81. The van der Waals surface area contributed by atoms with Crippen molar-refractivity contribution in [3.8, 4) is 11.4 Å². The van der Waals surface area contributed by atoms with Crippen molar-refractivity contribution in [2.75, 3.05) is 0 Å². The summed E-state index contributed by atoms with van der Waals surface area (Å²) in [5.41, 5.74) is 0.877. The number of carboxylic acid groups (broad SMARTS) is 1. The van der Waals surface area contributed by atoms with E-state index in [4.69, 9.17) is 5.11 Å². The number of carboxylic acids is 1. The Hall–Kier alpha value is -1.62. The van der Waals surface area contributed by atoms with Crippen LogP contribution in [0.25, 0.3) is 11.4 Å². The zero-order chi connectivity index (χ0) is 9.97. The Balaban J connectivity index is 2.35. The number of hydrogen-bond acceptors (Lipinski definition) is 3. The zero-order valence-electron chi connectivity index (χ0n) is 7.23. The Morgan fingerprint density at radius 3 is 3.14 bits per heavy atom. The summed E-state index contributed by atoms with van der Waals surface area (Å²) in [4.78, 5) is 18.4. The van der Waals surface area contributed by atoms with Gasteiger partial charge in [-0.15, -0.1) is 11.3 Å². The molecule has 0 aliphatic carbocycles. The van der Waals surface area contributed by atoms with E-state index in [0.29, 0.717) is 0 Å². The smallest absolute Gasteiger partial charge is 0.308 e. The monoisotopic (exact) mass is 208 g/mol. The molecule has 0 saturated carbocycles. The molecule has 72 valence electrons. The van der Waals surface area contributed by atoms with Crippen molar-refractivity contribution >= 4 is 17.3 Å². The van der Waals surface area contributed by atoms with E-state index < -0.39 is 5.97 Å². The van der Waals surface area contributed by atoms with Crippen LogP contribution < -0.4 is 0 Å². The van der Waals surface area contributed by atoms with Gasteiger partial charge < -0.3 is 10.1 Å². The predicted molar refractivity (Wildman–Crippen MR) is 53.2 cm³/mol. The lowest BCUT2D eigenvalue weighted by molar-refractivity contribution is -0.136. The number of carbonyl (C=O) groups is 1. The number of nitrogens with zero attached hydrogens (tertiary/aromatic N) is 1. The van der Waals surface area contributed by atoms with Crippen molar-refractivity contribution in [3.63, 3.8) is 0 Å². The number of rotatable bonds is 3. The summed E-state index contributed by atoms with van der Waals surface area (Å²) in [6.07, 6.45) is 3.42. The average Bonchev–Trinajstić information content (AvgIpc) is 2.70. The van der Waals surface area contributed by atoms with Crippen LogP contribution in [-0.2, 0) is 11.2 Å². The van der Waals surface area contributed by atoms with Gasteiger partial charge in [0.15, 0.2) is 0 Å². The highest BCUT2D eigenvalue weighted by molar-refractivity contribution is 7.10. The minimum Gasteiger partial charge on any atom is -0.481 e. The first-order valence-corrected chi connectivity index (χ1v) is 4.93. The quantitative estimate of drug-likeness (QED) is 0.807. The molecule has 2 aromatic rings. The Morgan fingerprint density at radius 1 is 1.64 bits per heavy atom. The van der Waals surface area contributed by atoms with Gasteiger partial charge in [0.25, 0.3) is 0 Å². The van der Waals surface area contributed by atoms with Crippen molar-refractivity contribution < 1.29 is 9.90 Å². The van der Waals surface area contributed by atoms with E-state index >= 15 is 0 Å². The number of imidazole rings is 1. The van der Waals surface area contributed by atoms with Crippen LogP contribution in [-0.4, -0.2) is 21.0 Å². The zero-order valence-corrected chi connectivity index (χ0v) is 8.04. The molecular weight excluding hydrogens is 200 g/mol. The van der Waals surface area contributed by atoms with Crippen molar-refractivity contribution in [2.45, 2.75) is 6.42 Å². The fraction of sp³-hybridized carbons (Fsp3) is 0.111. The van der Waals surface area contributed by atoms with Crippen molar-refractivity contribution in [1.82, 2.24) is 9.97 Å². The molecule has 0 bridgehead atoms. The third kappa shape index (κ3) is 1.67. The Labute approximate surface area is 84.2 Å². The SMILES string of the molecule is O=C(O)Cc1sccc1-c1ncc[nH]1. The fourth-order valence-corrected chi connectivity index (χ4v) is 2.11. The summed E-state index contributed by atoms with van der Waals surface area (Å²) in [6.45, 7) is 0. The van der Waals surface area contributed by atoms with Gasteiger partial charge in [-0.1, -0.05) is 0 Å². The minimum absolute atomic E-state index is 0.0493. The van der Waals surface area contributed by atoms with E-state index in [1.165, 1.54) is 11.3 Å². The van der Waals surface area contributed by atoms with E-state index in [1.807, 2.05) is 11.4 Å². The fourth-order valence-electron chi connectivity index (χ4n) is 1.24. The van der Waals surface area contributed by atoms with Gasteiger partial charge in [-0.3, -0.25) is 4.79 Å². The molecule has 2 heterocycles. The van der Waals surface area contributed by atoms with E-state index in [1.54, 1.807) is 12.4 Å². The number of nitrogens with one attached hydrogen (secondary N) is 1. The molecule has 0 aromatic carbocycles. The molecule has 0 atom stereocenters. The highest BCUT2D eigenvalue weighted by atomic mass is 32.1. The van der Waals surface area contributed by atoms with Crippen LogP contribution in [0.4, 0.5) is 0 Å². The molecule has 0 spiro atoms. The summed E-state index contributed by atoms with van der Waals surface area (Å²) >= 11 is 1.44. The number of aromatic nitrogens is 2. The van der Waals surface area contributed by atoms with Crippen LogP contribution in [0.1, 0.15) is 4.88 Å². The molecule has 5 heteroatoms. The van der Waals surface area contributed by atoms with Crippen LogP contribution in [0.5, 0.6) is 0 Å². The maximum Gasteiger partial charge on any atom is 0.308 e. The first-order chi connectivity index (χ1) is 6.77. The Bertz CT molecular complexity index is 433. The summed E-state index contributed by atoms with van der Waals surface area (Å²) < 4.78 is 0. The molecule has 0 saturated heterocycles. The largest absolute Gasteiger partial charge is 0.481 e. The van der Waals surface area contributed by atoms with Crippen LogP contribution in [0.3, 0.4) is 0 Å². The number of H-pyrrole nitrogens is 1. The van der Waals surface area contributed by atoms with Crippen molar-refractivity contribution in [1.29, 1.82) is 0 Å². The van der Waals surface area contributed by atoms with Gasteiger partial charge >= 0.3 is 5.97 Å².